The second-order valence-corrected chi connectivity index (χ2v) is 2.33. The summed E-state index contributed by atoms with van der Waals surface area (Å²) in [6.07, 6.45) is 3.38. The third-order valence-corrected chi connectivity index (χ3v) is 1.15. The van der Waals surface area contributed by atoms with Gasteiger partial charge in [-0.3, -0.25) is 0 Å². The minimum atomic E-state index is 0.699. The molecule has 0 aromatic rings. The van der Waals surface area contributed by atoms with Crippen molar-refractivity contribution in [2.24, 2.45) is 0 Å². The molecule has 0 N–H and O–H groups in total. The molecule has 0 saturated carbocycles. The van der Waals surface area contributed by atoms with Crippen molar-refractivity contribution in [3.05, 3.63) is 35.6 Å². The fraction of sp³-hybridized carbons (Fsp3) is 0.143. The summed E-state index contributed by atoms with van der Waals surface area (Å²) in [7, 11) is 1.59. The molecule has 0 fully saturated rings. The SMILES string of the molecule is C=C/C=C(/OC)C(=C)Br. The Morgan fingerprint density at radius 2 is 2.22 bits per heavy atom. The van der Waals surface area contributed by atoms with Gasteiger partial charge in [-0.2, -0.15) is 0 Å². The first-order chi connectivity index (χ1) is 4.22. The second-order valence-electron chi connectivity index (χ2n) is 1.38. The van der Waals surface area contributed by atoms with Crippen LogP contribution in [0.4, 0.5) is 0 Å². The number of allylic oxidation sites excluding steroid dienone is 3. The van der Waals surface area contributed by atoms with E-state index < -0.39 is 0 Å². The predicted octanol–water partition coefficient (Wildman–Crippen LogP) is 2.61. The van der Waals surface area contributed by atoms with Gasteiger partial charge in [-0.15, -0.1) is 0 Å². The van der Waals surface area contributed by atoms with Gasteiger partial charge < -0.3 is 4.74 Å². The van der Waals surface area contributed by atoms with E-state index in [1.165, 1.54) is 0 Å². The predicted molar refractivity (Wildman–Crippen MR) is 43.4 cm³/mol. The van der Waals surface area contributed by atoms with Gasteiger partial charge in [0.2, 0.25) is 0 Å². The highest BCUT2D eigenvalue weighted by atomic mass is 79.9. The molecule has 2 heteroatoms. The lowest BCUT2D eigenvalue weighted by Gasteiger charge is -2.00. The lowest BCUT2D eigenvalue weighted by molar-refractivity contribution is 0.306. The van der Waals surface area contributed by atoms with Gasteiger partial charge in [0.25, 0.3) is 0 Å². The Morgan fingerprint density at radius 3 is 2.33 bits per heavy atom. The standard InChI is InChI=1S/C7H9BrO/c1-4-5-7(9-3)6(2)8/h4-5H,1-2H2,3H3/b7-5+. The minimum Gasteiger partial charge on any atom is -0.496 e. The van der Waals surface area contributed by atoms with Gasteiger partial charge in [0, 0.05) is 0 Å². The van der Waals surface area contributed by atoms with Crippen molar-refractivity contribution in [3.63, 3.8) is 0 Å². The van der Waals surface area contributed by atoms with Gasteiger partial charge >= 0.3 is 0 Å². The summed E-state index contributed by atoms with van der Waals surface area (Å²) in [6.45, 7) is 7.13. The van der Waals surface area contributed by atoms with Crippen molar-refractivity contribution in [1.29, 1.82) is 0 Å². The summed E-state index contributed by atoms with van der Waals surface area (Å²) in [5, 5.41) is 0. The van der Waals surface area contributed by atoms with E-state index in [4.69, 9.17) is 4.74 Å². The second kappa shape index (κ2) is 4.39. The highest BCUT2D eigenvalue weighted by Gasteiger charge is 1.93. The lowest BCUT2D eigenvalue weighted by atomic mass is 10.4. The molecule has 0 bridgehead atoms. The van der Waals surface area contributed by atoms with Crippen molar-refractivity contribution in [3.8, 4) is 0 Å². The number of hydrogen-bond acceptors (Lipinski definition) is 1. The zero-order valence-corrected chi connectivity index (χ0v) is 6.94. The molecular weight excluding hydrogens is 180 g/mol. The smallest absolute Gasteiger partial charge is 0.132 e. The third kappa shape index (κ3) is 3.14. The molecule has 50 valence electrons. The van der Waals surface area contributed by atoms with Crippen LogP contribution in [0.1, 0.15) is 0 Å². The Labute approximate surface area is 63.8 Å². The van der Waals surface area contributed by atoms with Crippen molar-refractivity contribution in [1.82, 2.24) is 0 Å². The maximum Gasteiger partial charge on any atom is 0.132 e. The van der Waals surface area contributed by atoms with E-state index in [2.05, 4.69) is 29.1 Å². The largest absolute Gasteiger partial charge is 0.496 e. The van der Waals surface area contributed by atoms with Crippen LogP contribution in [0.15, 0.2) is 35.6 Å². The van der Waals surface area contributed by atoms with Crippen LogP contribution in [-0.4, -0.2) is 7.11 Å². The number of halogens is 1. The van der Waals surface area contributed by atoms with E-state index >= 15 is 0 Å². The zero-order valence-electron chi connectivity index (χ0n) is 5.36. The average molecular weight is 189 g/mol. The number of methoxy groups -OCH3 is 1. The molecule has 0 aromatic heterocycles. The number of rotatable bonds is 3. The van der Waals surface area contributed by atoms with Gasteiger partial charge in [0.05, 0.1) is 11.6 Å². The molecule has 0 saturated heterocycles. The molecule has 1 nitrogen and oxygen atoms in total. The molecule has 0 unspecified atom stereocenters. The van der Waals surface area contributed by atoms with Gasteiger partial charge in [-0.25, -0.2) is 0 Å². The highest BCUT2D eigenvalue weighted by molar-refractivity contribution is 9.11. The Balaban J connectivity index is 4.14. The first-order valence-electron chi connectivity index (χ1n) is 2.44. The van der Waals surface area contributed by atoms with E-state index in [1.54, 1.807) is 19.3 Å². The molecule has 0 aliphatic rings. The summed E-state index contributed by atoms with van der Waals surface area (Å²) in [5.41, 5.74) is 0. The van der Waals surface area contributed by atoms with Crippen LogP contribution in [0.25, 0.3) is 0 Å². The fourth-order valence-electron chi connectivity index (χ4n) is 0.376. The molecule has 0 heterocycles. The van der Waals surface area contributed by atoms with Crippen molar-refractivity contribution < 1.29 is 4.74 Å². The van der Waals surface area contributed by atoms with Crippen molar-refractivity contribution >= 4 is 15.9 Å². The summed E-state index contributed by atoms with van der Waals surface area (Å²) in [5.74, 6) is 0.699. The van der Waals surface area contributed by atoms with Crippen LogP contribution >= 0.6 is 15.9 Å². The van der Waals surface area contributed by atoms with E-state index in [0.29, 0.717) is 5.76 Å². The molecular formula is C7H9BrO. The average Bonchev–Trinajstić information content (AvgIpc) is 1.82. The first kappa shape index (κ1) is 8.50. The maximum absolute atomic E-state index is 4.90. The number of hydrogen-bond donors (Lipinski definition) is 0. The summed E-state index contributed by atoms with van der Waals surface area (Å²) < 4.78 is 5.62. The molecule has 0 aliphatic carbocycles. The van der Waals surface area contributed by atoms with E-state index in [1.807, 2.05) is 0 Å². The summed E-state index contributed by atoms with van der Waals surface area (Å²) in [4.78, 5) is 0. The van der Waals surface area contributed by atoms with Crippen molar-refractivity contribution in [2.75, 3.05) is 7.11 Å². The highest BCUT2D eigenvalue weighted by Crippen LogP contribution is 2.14. The molecule has 0 spiro atoms. The normalized spacial score (nSPS) is 10.7. The van der Waals surface area contributed by atoms with Crippen LogP contribution < -0.4 is 0 Å². The van der Waals surface area contributed by atoms with Crippen LogP contribution in [-0.2, 0) is 4.74 Å². The Hall–Kier alpha value is -0.500. The topological polar surface area (TPSA) is 9.23 Å². The van der Waals surface area contributed by atoms with Crippen LogP contribution in [0.3, 0.4) is 0 Å². The van der Waals surface area contributed by atoms with Crippen LogP contribution in [0.2, 0.25) is 0 Å². The van der Waals surface area contributed by atoms with Gasteiger partial charge in [0.15, 0.2) is 0 Å². The lowest BCUT2D eigenvalue weighted by Crippen LogP contribution is -1.82. The zero-order chi connectivity index (χ0) is 7.28. The molecule has 0 amide bonds. The Kier molecular flexibility index (Phi) is 4.14. The van der Waals surface area contributed by atoms with Gasteiger partial charge in [-0.1, -0.05) is 19.2 Å². The minimum absolute atomic E-state index is 0.699. The molecule has 9 heavy (non-hydrogen) atoms. The maximum atomic E-state index is 4.90. The van der Waals surface area contributed by atoms with E-state index in [-0.39, 0.29) is 0 Å². The third-order valence-electron chi connectivity index (χ3n) is 0.757. The van der Waals surface area contributed by atoms with E-state index in [0.717, 1.165) is 4.48 Å². The molecule has 0 aromatic carbocycles. The molecule has 0 rings (SSSR count). The van der Waals surface area contributed by atoms with E-state index in [9.17, 15) is 0 Å². The number of ether oxygens (including phenoxy) is 1. The first-order valence-corrected chi connectivity index (χ1v) is 3.23. The monoisotopic (exact) mass is 188 g/mol. The molecule has 0 radical (unpaired) electrons. The summed E-state index contributed by atoms with van der Waals surface area (Å²) >= 11 is 3.17. The van der Waals surface area contributed by atoms with Gasteiger partial charge in [-0.05, 0) is 22.0 Å². The summed E-state index contributed by atoms with van der Waals surface area (Å²) in [6, 6.07) is 0. The van der Waals surface area contributed by atoms with Crippen molar-refractivity contribution in [2.45, 2.75) is 0 Å². The quantitative estimate of drug-likeness (QED) is 0.489. The van der Waals surface area contributed by atoms with Crippen LogP contribution in [0.5, 0.6) is 0 Å². The Morgan fingerprint density at radius 1 is 1.67 bits per heavy atom. The van der Waals surface area contributed by atoms with Crippen LogP contribution in [0, 0.1) is 0 Å². The van der Waals surface area contributed by atoms with Gasteiger partial charge in [0.1, 0.15) is 5.76 Å². The fourth-order valence-corrected chi connectivity index (χ4v) is 0.670. The molecule has 0 atom stereocenters. The Bertz CT molecular complexity index is 147. The molecule has 0 aliphatic heterocycles.